The quantitative estimate of drug-likeness (QED) is 0.914. The lowest BCUT2D eigenvalue weighted by Crippen LogP contribution is -1.88. The number of pyridine rings is 1. The summed E-state index contributed by atoms with van der Waals surface area (Å²) in [6, 6.07) is 7.86. The van der Waals surface area contributed by atoms with Crippen molar-refractivity contribution in [2.45, 2.75) is 13.5 Å². The van der Waals surface area contributed by atoms with Crippen molar-refractivity contribution in [3.63, 3.8) is 0 Å². The van der Waals surface area contributed by atoms with E-state index < -0.39 is 0 Å². The fraction of sp³-hybridized carbons (Fsp3) is 0.154. The number of aliphatic hydroxyl groups is 1. The summed E-state index contributed by atoms with van der Waals surface area (Å²) in [5.41, 5.74) is 4.32. The van der Waals surface area contributed by atoms with Gasteiger partial charge in [0, 0.05) is 22.4 Å². The maximum absolute atomic E-state index is 8.98. The molecule has 1 aromatic heterocycles. The molecule has 0 saturated carbocycles. The fourth-order valence-corrected chi connectivity index (χ4v) is 1.91. The molecule has 0 radical (unpaired) electrons. The predicted octanol–water partition coefficient (Wildman–Crippen LogP) is 3.31. The van der Waals surface area contributed by atoms with Crippen LogP contribution in [0.4, 0.5) is 0 Å². The lowest BCUT2D eigenvalue weighted by molar-refractivity contribution is 0.282. The molecule has 1 heterocycles. The van der Waals surface area contributed by atoms with Crippen LogP contribution in [0.3, 0.4) is 0 Å². The molecular weight excluding hydrogens is 266 g/mol. The van der Waals surface area contributed by atoms with Gasteiger partial charge in [-0.25, -0.2) is 0 Å². The lowest BCUT2D eigenvalue weighted by Gasteiger charge is -2.07. The number of hydrogen-bond acceptors (Lipinski definition) is 2. The molecule has 1 N–H and O–H groups in total. The molecule has 0 aliphatic carbocycles. The van der Waals surface area contributed by atoms with Gasteiger partial charge in [0.15, 0.2) is 0 Å². The Morgan fingerprint density at radius 2 is 1.88 bits per heavy atom. The van der Waals surface area contributed by atoms with Crippen LogP contribution in [0.15, 0.2) is 41.1 Å². The summed E-state index contributed by atoms with van der Waals surface area (Å²) >= 11 is 3.47. The first kappa shape index (κ1) is 11.3. The van der Waals surface area contributed by atoms with Gasteiger partial charge in [0.1, 0.15) is 0 Å². The zero-order valence-corrected chi connectivity index (χ0v) is 10.5. The van der Waals surface area contributed by atoms with Gasteiger partial charge in [-0.2, -0.15) is 0 Å². The van der Waals surface area contributed by atoms with Crippen LogP contribution in [0.5, 0.6) is 0 Å². The van der Waals surface area contributed by atoms with E-state index in [2.05, 4.69) is 27.8 Å². The smallest absolute Gasteiger partial charge is 0.0681 e. The molecule has 0 unspecified atom stereocenters. The van der Waals surface area contributed by atoms with Gasteiger partial charge in [0.25, 0.3) is 0 Å². The van der Waals surface area contributed by atoms with E-state index in [-0.39, 0.29) is 6.61 Å². The molecule has 0 atom stereocenters. The van der Waals surface area contributed by atoms with E-state index in [4.69, 9.17) is 5.11 Å². The molecular formula is C13H12BrNO. The highest BCUT2D eigenvalue weighted by Gasteiger charge is 2.04. The molecule has 2 rings (SSSR count). The Bertz CT molecular complexity index is 494. The van der Waals surface area contributed by atoms with Gasteiger partial charge in [-0.1, -0.05) is 24.3 Å². The van der Waals surface area contributed by atoms with Crippen molar-refractivity contribution in [3.8, 4) is 11.1 Å². The SMILES string of the molecule is Cc1c(Br)cncc1-c1ccc(CO)cc1. The van der Waals surface area contributed by atoms with Crippen molar-refractivity contribution in [1.82, 2.24) is 4.98 Å². The van der Waals surface area contributed by atoms with Gasteiger partial charge in [0.05, 0.1) is 6.61 Å². The molecule has 0 bridgehead atoms. The van der Waals surface area contributed by atoms with Crippen LogP contribution in [0, 0.1) is 6.92 Å². The molecule has 0 saturated heterocycles. The van der Waals surface area contributed by atoms with Crippen molar-refractivity contribution in [1.29, 1.82) is 0 Å². The highest BCUT2D eigenvalue weighted by Crippen LogP contribution is 2.27. The van der Waals surface area contributed by atoms with Crippen molar-refractivity contribution in [3.05, 3.63) is 52.3 Å². The highest BCUT2D eigenvalue weighted by atomic mass is 79.9. The van der Waals surface area contributed by atoms with E-state index >= 15 is 0 Å². The maximum atomic E-state index is 8.98. The number of rotatable bonds is 2. The number of aliphatic hydroxyl groups excluding tert-OH is 1. The molecule has 0 amide bonds. The Labute approximate surface area is 103 Å². The Morgan fingerprint density at radius 3 is 2.50 bits per heavy atom. The van der Waals surface area contributed by atoms with E-state index in [1.807, 2.05) is 30.5 Å². The lowest BCUT2D eigenvalue weighted by atomic mass is 10.0. The Balaban J connectivity index is 2.46. The first-order valence-corrected chi connectivity index (χ1v) is 5.82. The van der Waals surface area contributed by atoms with Crippen LogP contribution in [0.2, 0.25) is 0 Å². The van der Waals surface area contributed by atoms with E-state index in [0.717, 1.165) is 21.2 Å². The van der Waals surface area contributed by atoms with E-state index in [0.29, 0.717) is 0 Å². The second-order valence-corrected chi connectivity index (χ2v) is 4.50. The fourth-order valence-electron chi connectivity index (χ4n) is 1.58. The minimum atomic E-state index is 0.0794. The van der Waals surface area contributed by atoms with Gasteiger partial charge < -0.3 is 5.11 Å². The summed E-state index contributed by atoms with van der Waals surface area (Å²) < 4.78 is 1.01. The normalized spacial score (nSPS) is 10.4. The van der Waals surface area contributed by atoms with Gasteiger partial charge >= 0.3 is 0 Å². The Hall–Kier alpha value is -1.19. The standard InChI is InChI=1S/C13H12BrNO/c1-9-12(6-15-7-13(9)14)11-4-2-10(8-16)3-5-11/h2-7,16H,8H2,1H3. The number of hydrogen-bond donors (Lipinski definition) is 1. The third-order valence-electron chi connectivity index (χ3n) is 2.60. The molecule has 3 heteroatoms. The second-order valence-electron chi connectivity index (χ2n) is 3.65. The molecule has 1 aromatic carbocycles. The predicted molar refractivity (Wildman–Crippen MR) is 68.0 cm³/mol. The van der Waals surface area contributed by atoms with Crippen molar-refractivity contribution < 1.29 is 5.11 Å². The summed E-state index contributed by atoms with van der Waals surface area (Å²) in [6.45, 7) is 2.14. The number of aromatic nitrogens is 1. The molecule has 2 aromatic rings. The van der Waals surface area contributed by atoms with Gasteiger partial charge in [-0.3, -0.25) is 4.98 Å². The number of nitrogens with zero attached hydrogens (tertiary/aromatic N) is 1. The van der Waals surface area contributed by atoms with Gasteiger partial charge in [-0.05, 0) is 39.5 Å². The minimum absolute atomic E-state index is 0.0794. The molecule has 82 valence electrons. The summed E-state index contributed by atoms with van der Waals surface area (Å²) in [5.74, 6) is 0. The second kappa shape index (κ2) is 4.76. The van der Waals surface area contributed by atoms with Gasteiger partial charge in [0.2, 0.25) is 0 Å². The largest absolute Gasteiger partial charge is 0.392 e. The Kier molecular flexibility index (Phi) is 3.36. The Morgan fingerprint density at radius 1 is 1.19 bits per heavy atom. The van der Waals surface area contributed by atoms with Crippen LogP contribution in [0.1, 0.15) is 11.1 Å². The zero-order valence-electron chi connectivity index (χ0n) is 8.94. The van der Waals surface area contributed by atoms with Gasteiger partial charge in [-0.15, -0.1) is 0 Å². The van der Waals surface area contributed by atoms with Crippen LogP contribution >= 0.6 is 15.9 Å². The van der Waals surface area contributed by atoms with Crippen LogP contribution in [-0.2, 0) is 6.61 Å². The van der Waals surface area contributed by atoms with Crippen molar-refractivity contribution >= 4 is 15.9 Å². The molecule has 0 spiro atoms. The number of benzene rings is 1. The summed E-state index contributed by atoms with van der Waals surface area (Å²) in [4.78, 5) is 4.17. The summed E-state index contributed by atoms with van der Waals surface area (Å²) in [6.07, 6.45) is 3.65. The van der Waals surface area contributed by atoms with Crippen LogP contribution in [-0.4, -0.2) is 10.1 Å². The van der Waals surface area contributed by atoms with E-state index in [1.165, 1.54) is 5.56 Å². The maximum Gasteiger partial charge on any atom is 0.0681 e. The molecule has 2 nitrogen and oxygen atoms in total. The summed E-state index contributed by atoms with van der Waals surface area (Å²) in [5, 5.41) is 8.98. The molecule has 0 fully saturated rings. The van der Waals surface area contributed by atoms with E-state index in [1.54, 1.807) is 6.20 Å². The summed E-state index contributed by atoms with van der Waals surface area (Å²) in [7, 11) is 0. The molecule has 0 aliphatic rings. The third-order valence-corrected chi connectivity index (χ3v) is 3.40. The zero-order chi connectivity index (χ0) is 11.5. The highest BCUT2D eigenvalue weighted by molar-refractivity contribution is 9.10. The van der Waals surface area contributed by atoms with Crippen molar-refractivity contribution in [2.75, 3.05) is 0 Å². The minimum Gasteiger partial charge on any atom is -0.392 e. The average molecular weight is 278 g/mol. The van der Waals surface area contributed by atoms with Crippen LogP contribution < -0.4 is 0 Å². The average Bonchev–Trinajstić information content (AvgIpc) is 2.33. The molecule has 16 heavy (non-hydrogen) atoms. The van der Waals surface area contributed by atoms with E-state index in [9.17, 15) is 0 Å². The first-order chi connectivity index (χ1) is 7.72. The van der Waals surface area contributed by atoms with Crippen LogP contribution in [0.25, 0.3) is 11.1 Å². The first-order valence-electron chi connectivity index (χ1n) is 5.02. The molecule has 0 aliphatic heterocycles. The number of halogens is 1. The monoisotopic (exact) mass is 277 g/mol. The van der Waals surface area contributed by atoms with Crippen molar-refractivity contribution in [2.24, 2.45) is 0 Å². The third kappa shape index (κ3) is 2.15. The topological polar surface area (TPSA) is 33.1 Å².